The van der Waals surface area contributed by atoms with Gasteiger partial charge in [-0.1, -0.05) is 36.4 Å². The van der Waals surface area contributed by atoms with Crippen molar-refractivity contribution in [3.63, 3.8) is 0 Å². The van der Waals surface area contributed by atoms with Crippen molar-refractivity contribution in [2.45, 2.75) is 6.18 Å². The largest absolute Gasteiger partial charge is 0.465 e. The Morgan fingerprint density at radius 3 is 2.35 bits per heavy atom. The van der Waals surface area contributed by atoms with Crippen LogP contribution in [0.1, 0.15) is 10.4 Å². The van der Waals surface area contributed by atoms with Crippen LogP contribution >= 0.6 is 11.3 Å². The Balaban J connectivity index is 2.54. The summed E-state index contributed by atoms with van der Waals surface area (Å²) in [5.74, 6) is -0.827. The molecular formula is C17H13F3O2S. The van der Waals surface area contributed by atoms with Gasteiger partial charge in [0.15, 0.2) is 0 Å². The minimum Gasteiger partial charge on any atom is -0.465 e. The highest BCUT2D eigenvalue weighted by atomic mass is 32.1. The molecule has 0 amide bonds. The van der Waals surface area contributed by atoms with Crippen LogP contribution in [0.4, 0.5) is 13.2 Å². The van der Waals surface area contributed by atoms with E-state index in [-0.39, 0.29) is 10.5 Å². The summed E-state index contributed by atoms with van der Waals surface area (Å²) >= 11 is 0.958. The van der Waals surface area contributed by atoms with Crippen LogP contribution in [0.15, 0.2) is 59.5 Å². The predicted molar refractivity (Wildman–Crippen MR) is 84.8 cm³/mol. The minimum absolute atomic E-state index is 0.0420. The Bertz CT molecular complexity index is 714. The van der Waals surface area contributed by atoms with E-state index in [1.165, 1.54) is 18.2 Å². The van der Waals surface area contributed by atoms with E-state index in [0.29, 0.717) is 5.56 Å². The van der Waals surface area contributed by atoms with Crippen LogP contribution in [0.3, 0.4) is 0 Å². The number of esters is 1. The van der Waals surface area contributed by atoms with Crippen LogP contribution in [0.25, 0.3) is 11.6 Å². The zero-order valence-corrected chi connectivity index (χ0v) is 12.9. The highest BCUT2D eigenvalue weighted by Crippen LogP contribution is 2.37. The van der Waals surface area contributed by atoms with Gasteiger partial charge in [0.2, 0.25) is 0 Å². The van der Waals surface area contributed by atoms with Crippen molar-refractivity contribution in [1.29, 1.82) is 0 Å². The number of carbonyl (C=O) groups excluding carboxylic acids is 1. The molecular weight excluding hydrogens is 325 g/mol. The average molecular weight is 338 g/mol. The molecule has 0 atom stereocenters. The Kier molecular flexibility index (Phi) is 5.39. The molecule has 0 spiro atoms. The zero-order chi connectivity index (χ0) is 16.9. The molecule has 0 radical (unpaired) electrons. The molecule has 0 unspecified atom stereocenters. The zero-order valence-electron chi connectivity index (χ0n) is 12.1. The molecule has 0 saturated heterocycles. The molecule has 120 valence electrons. The van der Waals surface area contributed by atoms with Crippen molar-refractivity contribution < 1.29 is 22.7 Å². The van der Waals surface area contributed by atoms with Gasteiger partial charge >= 0.3 is 12.1 Å². The Hall–Kier alpha value is -2.34. The maximum absolute atomic E-state index is 13.3. The summed E-state index contributed by atoms with van der Waals surface area (Å²) in [5, 5.41) is 1.55. The fraction of sp³-hybridized carbons (Fsp3) is 0.118. The van der Waals surface area contributed by atoms with E-state index in [4.69, 9.17) is 0 Å². The number of benzene rings is 1. The summed E-state index contributed by atoms with van der Waals surface area (Å²) in [7, 11) is 1.13. The van der Waals surface area contributed by atoms with Gasteiger partial charge in [-0.2, -0.15) is 13.2 Å². The summed E-state index contributed by atoms with van der Waals surface area (Å²) in [6.45, 7) is 0. The van der Waals surface area contributed by atoms with E-state index in [0.717, 1.165) is 24.5 Å². The van der Waals surface area contributed by atoms with Gasteiger partial charge in [0.25, 0.3) is 0 Å². The fourth-order valence-corrected chi connectivity index (χ4v) is 2.65. The van der Waals surface area contributed by atoms with E-state index in [1.807, 2.05) is 0 Å². The van der Waals surface area contributed by atoms with E-state index in [1.54, 1.807) is 35.7 Å². The molecule has 0 aliphatic heterocycles. The first-order valence-corrected chi connectivity index (χ1v) is 7.47. The van der Waals surface area contributed by atoms with Crippen molar-refractivity contribution in [1.82, 2.24) is 0 Å². The topological polar surface area (TPSA) is 26.3 Å². The first-order chi connectivity index (χ1) is 10.9. The van der Waals surface area contributed by atoms with E-state index < -0.39 is 17.7 Å². The third kappa shape index (κ3) is 4.56. The van der Waals surface area contributed by atoms with Crippen molar-refractivity contribution in [2.24, 2.45) is 0 Å². The average Bonchev–Trinajstić information content (AvgIpc) is 3.04. The van der Waals surface area contributed by atoms with Crippen LogP contribution in [0, 0.1) is 0 Å². The van der Waals surface area contributed by atoms with Crippen molar-refractivity contribution in [2.75, 3.05) is 7.11 Å². The van der Waals surface area contributed by atoms with E-state index in [9.17, 15) is 18.0 Å². The predicted octanol–water partition coefficient (Wildman–Crippen LogP) is 4.95. The van der Waals surface area contributed by atoms with Gasteiger partial charge in [0.1, 0.15) is 0 Å². The van der Waals surface area contributed by atoms with E-state index >= 15 is 0 Å². The highest BCUT2D eigenvalue weighted by Gasteiger charge is 2.36. The monoisotopic (exact) mass is 338 g/mol. The quantitative estimate of drug-likeness (QED) is 0.448. The normalized spacial score (nSPS) is 13.0. The summed E-state index contributed by atoms with van der Waals surface area (Å²) in [6, 6.07) is 11.5. The summed E-state index contributed by atoms with van der Waals surface area (Å²) < 4.78 is 44.5. The maximum Gasteiger partial charge on any atom is 0.417 e. The molecule has 0 aliphatic carbocycles. The summed E-state index contributed by atoms with van der Waals surface area (Å²) in [6.07, 6.45) is -2.38. The first-order valence-electron chi connectivity index (χ1n) is 6.59. The number of halogens is 3. The third-order valence-corrected chi connectivity index (χ3v) is 3.84. The lowest BCUT2D eigenvalue weighted by atomic mass is 10.1. The second-order valence-electron chi connectivity index (χ2n) is 4.54. The molecule has 1 aromatic heterocycles. The highest BCUT2D eigenvalue weighted by molar-refractivity contribution is 7.11. The summed E-state index contributed by atoms with van der Waals surface area (Å²) in [4.78, 5) is 11.9. The van der Waals surface area contributed by atoms with Crippen molar-refractivity contribution in [3.05, 3.63) is 69.9 Å². The molecule has 0 bridgehead atoms. The number of allylic oxidation sites excluding steroid dienone is 1. The lowest BCUT2D eigenvalue weighted by Crippen LogP contribution is -2.12. The van der Waals surface area contributed by atoms with Crippen LogP contribution in [0.5, 0.6) is 0 Å². The number of thiophene rings is 1. The third-order valence-electron chi connectivity index (χ3n) is 2.93. The number of ether oxygens (including phenoxy) is 1. The van der Waals surface area contributed by atoms with Crippen molar-refractivity contribution >= 4 is 29.0 Å². The van der Waals surface area contributed by atoms with Gasteiger partial charge in [-0.3, -0.25) is 0 Å². The molecule has 2 aromatic rings. The molecule has 2 rings (SSSR count). The lowest BCUT2D eigenvalue weighted by Gasteiger charge is -2.11. The van der Waals surface area contributed by atoms with Gasteiger partial charge < -0.3 is 4.74 Å². The van der Waals surface area contributed by atoms with Crippen molar-refractivity contribution in [3.8, 4) is 0 Å². The van der Waals surface area contributed by atoms with Gasteiger partial charge in [-0.05, 0) is 29.2 Å². The van der Waals surface area contributed by atoms with Crippen LogP contribution in [-0.2, 0) is 9.53 Å². The second-order valence-corrected chi connectivity index (χ2v) is 5.48. The Morgan fingerprint density at radius 1 is 1.13 bits per heavy atom. The van der Waals surface area contributed by atoms with Crippen LogP contribution in [-0.4, -0.2) is 19.3 Å². The number of rotatable bonds is 4. The molecule has 1 heterocycles. The Labute approximate surface area is 135 Å². The second kappa shape index (κ2) is 7.28. The van der Waals surface area contributed by atoms with Gasteiger partial charge in [0, 0.05) is 4.88 Å². The smallest absolute Gasteiger partial charge is 0.417 e. The molecule has 2 nitrogen and oxygen atoms in total. The number of carbonyl (C=O) groups is 1. The molecule has 6 heteroatoms. The Morgan fingerprint density at radius 2 is 1.83 bits per heavy atom. The fourth-order valence-electron chi connectivity index (χ4n) is 1.89. The van der Waals surface area contributed by atoms with Crippen LogP contribution < -0.4 is 0 Å². The van der Waals surface area contributed by atoms with Gasteiger partial charge in [-0.25, -0.2) is 4.79 Å². The number of hydrogen-bond donors (Lipinski definition) is 0. The van der Waals surface area contributed by atoms with E-state index in [2.05, 4.69) is 4.74 Å². The molecule has 23 heavy (non-hydrogen) atoms. The van der Waals surface area contributed by atoms with Gasteiger partial charge in [0.05, 0.1) is 18.3 Å². The SMILES string of the molecule is COC(=O)C(/C=C(\c1cccs1)C(F)(F)F)=C/c1ccccc1. The molecule has 1 aromatic carbocycles. The number of methoxy groups -OCH3 is 1. The van der Waals surface area contributed by atoms with Gasteiger partial charge in [-0.15, -0.1) is 11.3 Å². The first kappa shape index (κ1) is 17.0. The number of alkyl halides is 3. The number of hydrogen-bond acceptors (Lipinski definition) is 3. The lowest BCUT2D eigenvalue weighted by molar-refractivity contribution is -0.135. The summed E-state index contributed by atoms with van der Waals surface area (Å²) in [5.41, 5.74) is -0.434. The molecule has 0 aliphatic rings. The molecule has 0 saturated carbocycles. The van der Waals surface area contributed by atoms with Crippen LogP contribution in [0.2, 0.25) is 0 Å². The standard InChI is InChI=1S/C17H13F3O2S/c1-22-16(21)13(10-12-6-3-2-4-7-12)11-14(17(18,19)20)15-8-5-9-23-15/h2-11H,1H3/b13-10+,14-11+. The molecule has 0 fully saturated rings. The molecule has 0 N–H and O–H groups in total. The maximum atomic E-state index is 13.3. The minimum atomic E-state index is -4.57.